The Balaban J connectivity index is 1.97. The van der Waals surface area contributed by atoms with Crippen LogP contribution in [0.3, 0.4) is 0 Å². The van der Waals surface area contributed by atoms with Gasteiger partial charge in [-0.15, -0.1) is 0 Å². The Morgan fingerprint density at radius 1 is 1.60 bits per heavy atom. The number of anilines is 2. The summed E-state index contributed by atoms with van der Waals surface area (Å²) >= 11 is 2.00. The monoisotopic (exact) mass is 295 g/mol. The van der Waals surface area contributed by atoms with Crippen LogP contribution in [-0.2, 0) is 4.74 Å². The molecule has 0 aliphatic carbocycles. The van der Waals surface area contributed by atoms with Gasteiger partial charge in [0.15, 0.2) is 0 Å². The minimum Gasteiger partial charge on any atom is -0.462 e. The van der Waals surface area contributed by atoms with Crippen LogP contribution in [0.2, 0.25) is 0 Å². The van der Waals surface area contributed by atoms with E-state index in [1.165, 1.54) is 31.2 Å². The second-order valence-electron chi connectivity index (χ2n) is 4.75. The minimum absolute atomic E-state index is 0.335. The molecule has 0 spiro atoms. The highest BCUT2D eigenvalue weighted by Crippen LogP contribution is 2.25. The van der Waals surface area contributed by atoms with E-state index in [1.54, 1.807) is 13.0 Å². The minimum atomic E-state index is -0.400. The van der Waals surface area contributed by atoms with Crippen molar-refractivity contribution in [2.75, 3.05) is 30.0 Å². The fraction of sp³-hybridized carbons (Fsp3) is 0.571. The van der Waals surface area contributed by atoms with Gasteiger partial charge in [-0.25, -0.2) is 9.78 Å². The van der Waals surface area contributed by atoms with Crippen LogP contribution in [-0.4, -0.2) is 35.1 Å². The van der Waals surface area contributed by atoms with Crippen LogP contribution < -0.4 is 11.1 Å². The van der Waals surface area contributed by atoms with Gasteiger partial charge in [0, 0.05) is 11.8 Å². The van der Waals surface area contributed by atoms with E-state index in [9.17, 15) is 4.79 Å². The van der Waals surface area contributed by atoms with Crippen molar-refractivity contribution in [1.29, 1.82) is 0 Å². The average Bonchev–Trinajstić information content (AvgIpc) is 2.47. The summed E-state index contributed by atoms with van der Waals surface area (Å²) in [6.07, 6.45) is 5.34. The van der Waals surface area contributed by atoms with Crippen molar-refractivity contribution in [3.05, 3.63) is 17.8 Å². The van der Waals surface area contributed by atoms with Crippen molar-refractivity contribution in [3.63, 3.8) is 0 Å². The zero-order valence-corrected chi connectivity index (χ0v) is 12.5. The van der Waals surface area contributed by atoms with Gasteiger partial charge in [-0.2, -0.15) is 11.8 Å². The Labute approximate surface area is 123 Å². The lowest BCUT2D eigenvalue weighted by Crippen LogP contribution is -2.20. The topological polar surface area (TPSA) is 77.2 Å². The molecule has 0 saturated carbocycles. The van der Waals surface area contributed by atoms with E-state index in [0.717, 1.165) is 6.54 Å². The highest BCUT2D eigenvalue weighted by molar-refractivity contribution is 7.99. The SMILES string of the molecule is CCOC(=O)c1cc(NCC2CCCCS2)ncc1N. The number of rotatable bonds is 5. The van der Waals surface area contributed by atoms with Crippen LogP contribution in [0.15, 0.2) is 12.3 Å². The number of thioether (sulfide) groups is 1. The highest BCUT2D eigenvalue weighted by Gasteiger charge is 2.15. The van der Waals surface area contributed by atoms with Gasteiger partial charge in [-0.1, -0.05) is 6.42 Å². The zero-order valence-electron chi connectivity index (χ0n) is 11.7. The Kier molecular flexibility index (Phi) is 5.52. The van der Waals surface area contributed by atoms with E-state index in [1.807, 2.05) is 11.8 Å². The van der Waals surface area contributed by atoms with E-state index in [0.29, 0.717) is 28.9 Å². The van der Waals surface area contributed by atoms with Crippen molar-refractivity contribution in [2.45, 2.75) is 31.4 Å². The highest BCUT2D eigenvalue weighted by atomic mass is 32.2. The number of nitrogen functional groups attached to an aromatic ring is 1. The lowest BCUT2D eigenvalue weighted by molar-refractivity contribution is 0.0527. The molecule has 6 heteroatoms. The number of pyridine rings is 1. The number of carbonyl (C=O) groups excluding carboxylic acids is 1. The summed E-state index contributed by atoms with van der Waals surface area (Å²) in [5, 5.41) is 3.90. The predicted molar refractivity (Wildman–Crippen MR) is 83.2 cm³/mol. The van der Waals surface area contributed by atoms with Gasteiger partial charge < -0.3 is 15.8 Å². The Morgan fingerprint density at radius 2 is 2.45 bits per heavy atom. The number of ether oxygens (including phenoxy) is 1. The molecule has 1 unspecified atom stereocenters. The van der Waals surface area contributed by atoms with Crippen molar-refractivity contribution < 1.29 is 9.53 Å². The van der Waals surface area contributed by atoms with E-state index >= 15 is 0 Å². The molecule has 5 nitrogen and oxygen atoms in total. The molecule has 2 heterocycles. The van der Waals surface area contributed by atoms with Gasteiger partial charge in [0.1, 0.15) is 5.82 Å². The standard InChI is InChI=1S/C14H21N3O2S/c1-2-19-14(18)11-7-13(17-9-12(11)15)16-8-10-5-3-4-6-20-10/h7,9-10H,2-6,8,15H2,1H3,(H,16,17). The van der Waals surface area contributed by atoms with Crippen molar-refractivity contribution in [2.24, 2.45) is 0 Å². The Morgan fingerprint density at radius 3 is 3.15 bits per heavy atom. The average molecular weight is 295 g/mol. The zero-order chi connectivity index (χ0) is 14.4. The fourth-order valence-corrected chi connectivity index (χ4v) is 3.37. The van der Waals surface area contributed by atoms with E-state index in [4.69, 9.17) is 10.5 Å². The molecule has 0 amide bonds. The maximum absolute atomic E-state index is 11.8. The summed E-state index contributed by atoms with van der Waals surface area (Å²) in [6.45, 7) is 2.97. The summed E-state index contributed by atoms with van der Waals surface area (Å²) in [4.78, 5) is 16.0. The maximum Gasteiger partial charge on any atom is 0.340 e. The molecule has 0 radical (unpaired) electrons. The Hall–Kier alpha value is -1.43. The van der Waals surface area contributed by atoms with E-state index in [2.05, 4.69) is 10.3 Å². The van der Waals surface area contributed by atoms with E-state index in [-0.39, 0.29) is 0 Å². The third-order valence-electron chi connectivity index (χ3n) is 3.21. The third kappa shape index (κ3) is 4.03. The molecule has 0 bridgehead atoms. The molecule has 110 valence electrons. The second kappa shape index (κ2) is 7.38. The molecular formula is C14H21N3O2S. The number of carbonyl (C=O) groups is 1. The predicted octanol–water partition coefficient (Wildman–Crippen LogP) is 2.54. The molecular weight excluding hydrogens is 274 g/mol. The number of hydrogen-bond acceptors (Lipinski definition) is 6. The van der Waals surface area contributed by atoms with Crippen LogP contribution in [0.1, 0.15) is 36.5 Å². The van der Waals surface area contributed by atoms with Crippen LogP contribution in [0.25, 0.3) is 0 Å². The summed E-state index contributed by atoms with van der Waals surface area (Å²) < 4.78 is 4.98. The van der Waals surface area contributed by atoms with Crippen molar-refractivity contribution in [3.8, 4) is 0 Å². The molecule has 1 aromatic heterocycles. The quantitative estimate of drug-likeness (QED) is 0.813. The maximum atomic E-state index is 11.8. The van der Waals surface area contributed by atoms with Gasteiger partial charge in [0.25, 0.3) is 0 Å². The molecule has 1 aliphatic heterocycles. The molecule has 3 N–H and O–H groups in total. The number of nitrogens with two attached hydrogens (primary N) is 1. The smallest absolute Gasteiger partial charge is 0.340 e. The van der Waals surface area contributed by atoms with Crippen LogP contribution in [0.4, 0.5) is 11.5 Å². The largest absolute Gasteiger partial charge is 0.462 e. The molecule has 0 aromatic carbocycles. The lowest BCUT2D eigenvalue weighted by Gasteiger charge is -2.21. The van der Waals surface area contributed by atoms with Gasteiger partial charge in [-0.3, -0.25) is 0 Å². The van der Waals surface area contributed by atoms with Gasteiger partial charge in [-0.05, 0) is 31.6 Å². The molecule has 20 heavy (non-hydrogen) atoms. The first-order valence-electron chi connectivity index (χ1n) is 6.98. The molecule has 2 rings (SSSR count). The summed E-state index contributed by atoms with van der Waals surface area (Å²) in [7, 11) is 0. The molecule has 1 saturated heterocycles. The Bertz CT molecular complexity index is 462. The van der Waals surface area contributed by atoms with Crippen LogP contribution in [0.5, 0.6) is 0 Å². The summed E-state index contributed by atoms with van der Waals surface area (Å²) in [6, 6.07) is 1.67. The van der Waals surface area contributed by atoms with Crippen LogP contribution in [0, 0.1) is 0 Å². The molecule has 1 aliphatic rings. The first-order valence-corrected chi connectivity index (χ1v) is 8.03. The van der Waals surface area contributed by atoms with Gasteiger partial charge in [0.2, 0.25) is 0 Å². The molecule has 1 fully saturated rings. The molecule has 1 aromatic rings. The first-order chi connectivity index (χ1) is 9.70. The number of nitrogens with zero attached hydrogens (tertiary/aromatic N) is 1. The van der Waals surface area contributed by atoms with Gasteiger partial charge >= 0.3 is 5.97 Å². The third-order valence-corrected chi connectivity index (χ3v) is 4.61. The normalized spacial score (nSPS) is 18.6. The van der Waals surface area contributed by atoms with Crippen molar-refractivity contribution >= 4 is 29.2 Å². The van der Waals surface area contributed by atoms with E-state index < -0.39 is 5.97 Å². The van der Waals surface area contributed by atoms with Crippen LogP contribution >= 0.6 is 11.8 Å². The molecule has 1 atom stereocenters. The number of aromatic nitrogens is 1. The summed E-state index contributed by atoms with van der Waals surface area (Å²) in [5.74, 6) is 1.51. The fourth-order valence-electron chi connectivity index (χ4n) is 2.14. The first kappa shape index (κ1) is 15.0. The van der Waals surface area contributed by atoms with Crippen molar-refractivity contribution in [1.82, 2.24) is 4.98 Å². The number of esters is 1. The van der Waals surface area contributed by atoms with Gasteiger partial charge in [0.05, 0.1) is 24.1 Å². The number of hydrogen-bond donors (Lipinski definition) is 2. The lowest BCUT2D eigenvalue weighted by atomic mass is 10.2. The summed E-state index contributed by atoms with van der Waals surface area (Å²) in [5.41, 5.74) is 6.49. The second-order valence-corrected chi connectivity index (χ2v) is 6.15. The number of nitrogens with one attached hydrogen (secondary N) is 1.